The Kier molecular flexibility index (Phi) is 5.92. The predicted molar refractivity (Wildman–Crippen MR) is 86.0 cm³/mol. The third kappa shape index (κ3) is 5.47. The quantitative estimate of drug-likeness (QED) is 0.842. The summed E-state index contributed by atoms with van der Waals surface area (Å²) in [6.07, 6.45) is 0.399. The van der Waals surface area contributed by atoms with Crippen molar-refractivity contribution in [2.24, 2.45) is 0 Å². The van der Waals surface area contributed by atoms with E-state index in [0.717, 1.165) is 5.56 Å². The summed E-state index contributed by atoms with van der Waals surface area (Å²) in [6.45, 7) is 5.70. The van der Waals surface area contributed by atoms with Gasteiger partial charge in [-0.2, -0.15) is 0 Å². The lowest BCUT2D eigenvalue weighted by molar-refractivity contribution is -0.116. The molecule has 1 rings (SSSR count). The molecule has 0 bridgehead atoms. The Morgan fingerprint density at radius 1 is 1.14 bits per heavy atom. The molecule has 1 amide bonds. The molecule has 0 heterocycles. The molecule has 2 N–H and O–H groups in total. The molecule has 6 heteroatoms. The summed E-state index contributed by atoms with van der Waals surface area (Å²) in [4.78, 5) is 11.6. The zero-order valence-corrected chi connectivity index (χ0v) is 13.9. The van der Waals surface area contributed by atoms with E-state index in [2.05, 4.69) is 10.6 Å². The van der Waals surface area contributed by atoms with E-state index in [4.69, 9.17) is 0 Å². The van der Waals surface area contributed by atoms with Crippen LogP contribution in [-0.4, -0.2) is 32.7 Å². The second-order valence-electron chi connectivity index (χ2n) is 5.97. The molecule has 1 aromatic rings. The van der Waals surface area contributed by atoms with Gasteiger partial charge in [-0.1, -0.05) is 12.1 Å². The van der Waals surface area contributed by atoms with Crippen LogP contribution in [0.2, 0.25) is 0 Å². The summed E-state index contributed by atoms with van der Waals surface area (Å²) < 4.78 is 23.5. The van der Waals surface area contributed by atoms with Crippen LogP contribution in [-0.2, 0) is 20.4 Å². The standard InChI is InChI=1S/C15H24N2O3S/c1-15(2,3)21(19,20)11-12-5-7-13(8-6-12)17-14(18)9-10-16-4/h5-8,16H,9-11H2,1-4H3,(H,17,18). The van der Waals surface area contributed by atoms with Crippen molar-refractivity contribution in [2.75, 3.05) is 18.9 Å². The van der Waals surface area contributed by atoms with Gasteiger partial charge in [-0.05, 0) is 45.5 Å². The van der Waals surface area contributed by atoms with Crippen molar-refractivity contribution in [3.05, 3.63) is 29.8 Å². The summed E-state index contributed by atoms with van der Waals surface area (Å²) in [7, 11) is -1.40. The van der Waals surface area contributed by atoms with Crippen LogP contribution in [0.15, 0.2) is 24.3 Å². The highest BCUT2D eigenvalue weighted by Crippen LogP contribution is 2.21. The van der Waals surface area contributed by atoms with E-state index < -0.39 is 14.6 Å². The van der Waals surface area contributed by atoms with Crippen molar-refractivity contribution in [3.8, 4) is 0 Å². The number of carbonyl (C=O) groups is 1. The van der Waals surface area contributed by atoms with Crippen molar-refractivity contribution < 1.29 is 13.2 Å². The van der Waals surface area contributed by atoms with E-state index in [1.54, 1.807) is 52.1 Å². The molecule has 1 aromatic carbocycles. The molecule has 0 spiro atoms. The molecule has 0 saturated heterocycles. The fourth-order valence-corrected chi connectivity index (χ4v) is 2.65. The van der Waals surface area contributed by atoms with Crippen molar-refractivity contribution in [1.29, 1.82) is 0 Å². The van der Waals surface area contributed by atoms with Gasteiger partial charge in [0, 0.05) is 18.7 Å². The van der Waals surface area contributed by atoms with E-state index >= 15 is 0 Å². The van der Waals surface area contributed by atoms with E-state index in [9.17, 15) is 13.2 Å². The van der Waals surface area contributed by atoms with Gasteiger partial charge < -0.3 is 10.6 Å². The van der Waals surface area contributed by atoms with E-state index in [0.29, 0.717) is 18.7 Å². The molecule has 0 fully saturated rings. The number of hydrogen-bond donors (Lipinski definition) is 2. The maximum atomic E-state index is 12.1. The van der Waals surface area contributed by atoms with Gasteiger partial charge in [0.05, 0.1) is 10.5 Å². The molecule has 0 saturated carbocycles. The van der Waals surface area contributed by atoms with Crippen molar-refractivity contribution >= 4 is 21.4 Å². The first-order valence-corrected chi connectivity index (χ1v) is 8.56. The first kappa shape index (κ1) is 17.7. The van der Waals surface area contributed by atoms with Crippen LogP contribution in [0.4, 0.5) is 5.69 Å². The molecule has 0 atom stereocenters. The van der Waals surface area contributed by atoms with Crippen LogP contribution in [0.5, 0.6) is 0 Å². The maximum Gasteiger partial charge on any atom is 0.225 e. The van der Waals surface area contributed by atoms with Gasteiger partial charge in [0.25, 0.3) is 0 Å². The van der Waals surface area contributed by atoms with Crippen molar-refractivity contribution in [2.45, 2.75) is 37.7 Å². The van der Waals surface area contributed by atoms with Gasteiger partial charge in [-0.15, -0.1) is 0 Å². The lowest BCUT2D eigenvalue weighted by Gasteiger charge is -2.19. The van der Waals surface area contributed by atoms with Crippen LogP contribution in [0.1, 0.15) is 32.8 Å². The third-order valence-corrected chi connectivity index (χ3v) is 5.71. The topological polar surface area (TPSA) is 75.3 Å². The number of nitrogens with one attached hydrogen (secondary N) is 2. The normalized spacial score (nSPS) is 12.2. The second kappa shape index (κ2) is 7.04. The zero-order valence-electron chi connectivity index (χ0n) is 13.1. The Bertz CT molecular complexity index is 572. The highest BCUT2D eigenvalue weighted by Gasteiger charge is 2.28. The molecule has 0 aromatic heterocycles. The number of benzene rings is 1. The molecule has 0 radical (unpaired) electrons. The molecule has 118 valence electrons. The number of hydrogen-bond acceptors (Lipinski definition) is 4. The average molecular weight is 312 g/mol. The van der Waals surface area contributed by atoms with Gasteiger partial charge >= 0.3 is 0 Å². The molecule has 0 aliphatic rings. The zero-order chi connectivity index (χ0) is 16.1. The highest BCUT2D eigenvalue weighted by molar-refractivity contribution is 7.91. The monoisotopic (exact) mass is 312 g/mol. The first-order valence-electron chi connectivity index (χ1n) is 6.91. The summed E-state index contributed by atoms with van der Waals surface area (Å²) in [5.74, 6) is -0.0655. The Labute approximate surface area is 127 Å². The van der Waals surface area contributed by atoms with Gasteiger partial charge in [-0.3, -0.25) is 4.79 Å². The fourth-order valence-electron chi connectivity index (χ4n) is 1.58. The molecule has 0 unspecified atom stereocenters. The van der Waals surface area contributed by atoms with E-state index in [-0.39, 0.29) is 11.7 Å². The van der Waals surface area contributed by atoms with Crippen LogP contribution >= 0.6 is 0 Å². The Balaban J connectivity index is 2.69. The van der Waals surface area contributed by atoms with Gasteiger partial charge in [-0.25, -0.2) is 8.42 Å². The first-order chi connectivity index (χ1) is 9.65. The van der Waals surface area contributed by atoms with Gasteiger partial charge in [0.15, 0.2) is 9.84 Å². The summed E-state index contributed by atoms with van der Waals surface area (Å²) in [5, 5.41) is 5.67. The largest absolute Gasteiger partial charge is 0.326 e. The van der Waals surface area contributed by atoms with E-state index in [1.807, 2.05) is 0 Å². The molecule has 0 aliphatic carbocycles. The lowest BCUT2D eigenvalue weighted by Crippen LogP contribution is -2.29. The number of rotatable bonds is 6. The van der Waals surface area contributed by atoms with Crippen LogP contribution in [0.3, 0.4) is 0 Å². The van der Waals surface area contributed by atoms with Crippen molar-refractivity contribution in [3.63, 3.8) is 0 Å². The molecular formula is C15H24N2O3S. The number of carbonyl (C=O) groups excluding carboxylic acids is 1. The lowest BCUT2D eigenvalue weighted by atomic mass is 10.2. The highest BCUT2D eigenvalue weighted by atomic mass is 32.2. The smallest absolute Gasteiger partial charge is 0.225 e. The Morgan fingerprint density at radius 2 is 1.71 bits per heavy atom. The molecule has 21 heavy (non-hydrogen) atoms. The molecule has 0 aliphatic heterocycles. The Morgan fingerprint density at radius 3 is 2.19 bits per heavy atom. The molecular weight excluding hydrogens is 288 g/mol. The minimum atomic E-state index is -3.19. The van der Waals surface area contributed by atoms with Crippen molar-refractivity contribution in [1.82, 2.24) is 5.32 Å². The SMILES string of the molecule is CNCCC(=O)Nc1ccc(CS(=O)(=O)C(C)(C)C)cc1. The van der Waals surface area contributed by atoms with Crippen LogP contribution in [0, 0.1) is 0 Å². The second-order valence-corrected chi connectivity index (χ2v) is 8.71. The number of anilines is 1. The third-order valence-electron chi connectivity index (χ3n) is 3.13. The minimum Gasteiger partial charge on any atom is -0.326 e. The fraction of sp³-hybridized carbons (Fsp3) is 0.533. The minimum absolute atomic E-state index is 0.00445. The number of sulfone groups is 1. The van der Waals surface area contributed by atoms with Gasteiger partial charge in [0.2, 0.25) is 5.91 Å². The summed E-state index contributed by atoms with van der Waals surface area (Å²) in [6, 6.07) is 6.92. The van der Waals surface area contributed by atoms with Crippen LogP contribution in [0.25, 0.3) is 0 Å². The predicted octanol–water partition coefficient (Wildman–Crippen LogP) is 1.95. The summed E-state index contributed by atoms with van der Waals surface area (Å²) in [5.41, 5.74) is 1.39. The van der Waals surface area contributed by atoms with E-state index in [1.165, 1.54) is 0 Å². The summed E-state index contributed by atoms with van der Waals surface area (Å²) >= 11 is 0. The van der Waals surface area contributed by atoms with Gasteiger partial charge in [0.1, 0.15) is 0 Å². The Hall–Kier alpha value is -1.40. The number of amides is 1. The average Bonchev–Trinajstić information content (AvgIpc) is 2.37. The molecule has 5 nitrogen and oxygen atoms in total. The maximum absolute atomic E-state index is 12.1. The van der Waals surface area contributed by atoms with Crippen LogP contribution < -0.4 is 10.6 Å².